The zero-order valence-electron chi connectivity index (χ0n) is 13.5. The summed E-state index contributed by atoms with van der Waals surface area (Å²) in [4.78, 5) is 25.8. The van der Waals surface area contributed by atoms with Crippen molar-refractivity contribution in [2.24, 2.45) is 5.92 Å². The van der Waals surface area contributed by atoms with Gasteiger partial charge in [-0.15, -0.1) is 11.3 Å². The SMILES string of the molecule is Cc1nc(-c2ncccn2)sc1C(=O)NC[C@@H](C)Cn1cccn1. The molecule has 1 amide bonds. The molecule has 0 spiro atoms. The minimum atomic E-state index is -0.112. The molecule has 0 radical (unpaired) electrons. The highest BCUT2D eigenvalue weighted by molar-refractivity contribution is 7.17. The molecule has 3 aromatic rings. The van der Waals surface area contributed by atoms with Crippen molar-refractivity contribution in [3.05, 3.63) is 47.5 Å². The van der Waals surface area contributed by atoms with Crippen LogP contribution in [0, 0.1) is 12.8 Å². The van der Waals surface area contributed by atoms with Crippen molar-refractivity contribution in [2.75, 3.05) is 6.54 Å². The molecule has 7 nitrogen and oxygen atoms in total. The average molecular weight is 342 g/mol. The van der Waals surface area contributed by atoms with E-state index in [4.69, 9.17) is 0 Å². The van der Waals surface area contributed by atoms with E-state index in [0.29, 0.717) is 27.9 Å². The number of aromatic nitrogens is 5. The van der Waals surface area contributed by atoms with Gasteiger partial charge in [0.05, 0.1) is 5.69 Å². The molecular weight excluding hydrogens is 324 g/mol. The van der Waals surface area contributed by atoms with Gasteiger partial charge in [-0.25, -0.2) is 15.0 Å². The van der Waals surface area contributed by atoms with Crippen molar-refractivity contribution in [1.82, 2.24) is 30.0 Å². The second-order valence-corrected chi connectivity index (χ2v) is 6.55. The van der Waals surface area contributed by atoms with Gasteiger partial charge in [0.25, 0.3) is 5.91 Å². The number of nitrogens with zero attached hydrogens (tertiary/aromatic N) is 5. The first-order chi connectivity index (χ1) is 11.6. The minimum absolute atomic E-state index is 0.112. The number of hydrogen-bond acceptors (Lipinski definition) is 6. The Balaban J connectivity index is 1.62. The summed E-state index contributed by atoms with van der Waals surface area (Å²) in [6.07, 6.45) is 6.99. The van der Waals surface area contributed by atoms with Gasteiger partial charge in [0, 0.05) is 37.9 Å². The van der Waals surface area contributed by atoms with E-state index in [1.54, 1.807) is 24.7 Å². The van der Waals surface area contributed by atoms with Gasteiger partial charge < -0.3 is 5.32 Å². The predicted octanol–water partition coefficient (Wildman–Crippen LogP) is 2.17. The van der Waals surface area contributed by atoms with Crippen molar-refractivity contribution >= 4 is 17.2 Å². The van der Waals surface area contributed by atoms with Gasteiger partial charge in [0.2, 0.25) is 0 Å². The van der Waals surface area contributed by atoms with Crippen LogP contribution in [-0.4, -0.2) is 37.2 Å². The Morgan fingerprint density at radius 2 is 2.08 bits per heavy atom. The lowest BCUT2D eigenvalue weighted by Gasteiger charge is -2.12. The second-order valence-electron chi connectivity index (χ2n) is 5.55. The molecular formula is C16H18N6OS. The first kappa shape index (κ1) is 16.3. The standard InChI is InChI=1S/C16H18N6OS/c1-11(10-22-8-4-7-20-22)9-19-15(23)13-12(2)21-16(24-13)14-17-5-3-6-18-14/h3-8,11H,9-10H2,1-2H3,(H,19,23)/t11-/m1/s1. The van der Waals surface area contributed by atoms with Crippen LogP contribution in [0.15, 0.2) is 36.9 Å². The highest BCUT2D eigenvalue weighted by atomic mass is 32.1. The van der Waals surface area contributed by atoms with Gasteiger partial charge in [-0.05, 0) is 25.0 Å². The maximum Gasteiger partial charge on any atom is 0.263 e. The van der Waals surface area contributed by atoms with Gasteiger partial charge in [-0.2, -0.15) is 5.10 Å². The van der Waals surface area contributed by atoms with E-state index in [1.807, 2.05) is 23.9 Å². The molecule has 0 aliphatic carbocycles. The topological polar surface area (TPSA) is 85.6 Å². The van der Waals surface area contributed by atoms with Crippen LogP contribution in [0.25, 0.3) is 10.8 Å². The molecule has 1 atom stereocenters. The van der Waals surface area contributed by atoms with Gasteiger partial charge in [-0.1, -0.05) is 6.92 Å². The van der Waals surface area contributed by atoms with Crippen LogP contribution in [0.3, 0.4) is 0 Å². The van der Waals surface area contributed by atoms with Crippen molar-refractivity contribution in [3.8, 4) is 10.8 Å². The third kappa shape index (κ3) is 3.83. The molecule has 3 heterocycles. The maximum atomic E-state index is 12.4. The zero-order chi connectivity index (χ0) is 16.9. The zero-order valence-corrected chi connectivity index (χ0v) is 14.3. The minimum Gasteiger partial charge on any atom is -0.351 e. The van der Waals surface area contributed by atoms with E-state index in [0.717, 1.165) is 6.54 Å². The molecule has 1 N–H and O–H groups in total. The monoisotopic (exact) mass is 342 g/mol. The summed E-state index contributed by atoms with van der Waals surface area (Å²) in [6, 6.07) is 3.64. The van der Waals surface area contributed by atoms with E-state index in [9.17, 15) is 4.79 Å². The lowest BCUT2D eigenvalue weighted by atomic mass is 10.2. The van der Waals surface area contributed by atoms with Crippen LogP contribution in [0.5, 0.6) is 0 Å². The number of aryl methyl sites for hydroxylation is 1. The Morgan fingerprint density at radius 3 is 2.79 bits per heavy atom. The summed E-state index contributed by atoms with van der Waals surface area (Å²) in [5.74, 6) is 0.704. The Morgan fingerprint density at radius 1 is 1.29 bits per heavy atom. The molecule has 0 aliphatic heterocycles. The number of carbonyl (C=O) groups excluding carboxylic acids is 1. The number of amides is 1. The van der Waals surface area contributed by atoms with Gasteiger partial charge in [0.1, 0.15) is 4.88 Å². The Labute approximate surface area is 143 Å². The molecule has 124 valence electrons. The third-order valence-corrected chi connectivity index (χ3v) is 4.58. The molecule has 24 heavy (non-hydrogen) atoms. The number of nitrogens with one attached hydrogen (secondary N) is 1. The van der Waals surface area contributed by atoms with Crippen LogP contribution in [0.1, 0.15) is 22.3 Å². The molecule has 3 rings (SSSR count). The summed E-state index contributed by atoms with van der Waals surface area (Å²) in [5, 5.41) is 7.80. The molecule has 0 saturated heterocycles. The second kappa shape index (κ2) is 7.31. The highest BCUT2D eigenvalue weighted by Crippen LogP contribution is 2.24. The van der Waals surface area contributed by atoms with E-state index >= 15 is 0 Å². The Kier molecular flexibility index (Phi) is 4.95. The van der Waals surface area contributed by atoms with Crippen LogP contribution >= 0.6 is 11.3 Å². The largest absolute Gasteiger partial charge is 0.351 e. The summed E-state index contributed by atoms with van der Waals surface area (Å²) in [6.45, 7) is 5.24. The van der Waals surface area contributed by atoms with Crippen LogP contribution in [0.4, 0.5) is 0 Å². The number of thiazole rings is 1. The van der Waals surface area contributed by atoms with Crippen molar-refractivity contribution in [1.29, 1.82) is 0 Å². The molecule has 8 heteroatoms. The average Bonchev–Trinajstić information content (AvgIpc) is 3.23. The van der Waals surface area contributed by atoms with Gasteiger partial charge >= 0.3 is 0 Å². The number of rotatable bonds is 6. The lowest BCUT2D eigenvalue weighted by Crippen LogP contribution is -2.30. The highest BCUT2D eigenvalue weighted by Gasteiger charge is 2.17. The Bertz CT molecular complexity index is 799. The first-order valence-electron chi connectivity index (χ1n) is 7.64. The predicted molar refractivity (Wildman–Crippen MR) is 91.6 cm³/mol. The molecule has 0 unspecified atom stereocenters. The van der Waals surface area contributed by atoms with Gasteiger partial charge in [-0.3, -0.25) is 9.48 Å². The quantitative estimate of drug-likeness (QED) is 0.742. The fourth-order valence-electron chi connectivity index (χ4n) is 2.25. The fraction of sp³-hybridized carbons (Fsp3) is 0.312. The smallest absolute Gasteiger partial charge is 0.263 e. The van der Waals surface area contributed by atoms with Crippen molar-refractivity contribution < 1.29 is 4.79 Å². The number of carbonyl (C=O) groups is 1. The molecule has 0 saturated carbocycles. The first-order valence-corrected chi connectivity index (χ1v) is 8.45. The molecule has 3 aromatic heterocycles. The summed E-state index contributed by atoms with van der Waals surface area (Å²) < 4.78 is 1.86. The fourth-order valence-corrected chi connectivity index (χ4v) is 3.18. The van der Waals surface area contributed by atoms with Crippen LogP contribution < -0.4 is 5.32 Å². The van der Waals surface area contributed by atoms with Crippen LogP contribution in [0.2, 0.25) is 0 Å². The molecule has 0 fully saturated rings. The van der Waals surface area contributed by atoms with Crippen LogP contribution in [-0.2, 0) is 6.54 Å². The summed E-state index contributed by atoms with van der Waals surface area (Å²) in [7, 11) is 0. The summed E-state index contributed by atoms with van der Waals surface area (Å²) >= 11 is 1.31. The molecule has 0 aliphatic rings. The van der Waals surface area contributed by atoms with E-state index < -0.39 is 0 Å². The third-order valence-electron chi connectivity index (χ3n) is 3.43. The summed E-state index contributed by atoms with van der Waals surface area (Å²) in [5.41, 5.74) is 0.694. The number of hydrogen-bond donors (Lipinski definition) is 1. The van der Waals surface area contributed by atoms with E-state index in [2.05, 4.69) is 32.3 Å². The van der Waals surface area contributed by atoms with Crippen molar-refractivity contribution in [3.63, 3.8) is 0 Å². The lowest BCUT2D eigenvalue weighted by molar-refractivity contribution is 0.0950. The van der Waals surface area contributed by atoms with Crippen molar-refractivity contribution in [2.45, 2.75) is 20.4 Å². The van der Waals surface area contributed by atoms with E-state index in [-0.39, 0.29) is 11.8 Å². The Hall–Kier alpha value is -2.61. The van der Waals surface area contributed by atoms with E-state index in [1.165, 1.54) is 11.3 Å². The molecule has 0 aromatic carbocycles. The van der Waals surface area contributed by atoms with Gasteiger partial charge in [0.15, 0.2) is 10.8 Å². The maximum absolute atomic E-state index is 12.4. The normalized spacial score (nSPS) is 12.1. The molecule has 0 bridgehead atoms.